The van der Waals surface area contributed by atoms with Gasteiger partial charge in [-0.05, 0) is 31.2 Å². The van der Waals surface area contributed by atoms with Crippen molar-refractivity contribution in [2.45, 2.75) is 6.92 Å². The van der Waals surface area contributed by atoms with Crippen LogP contribution in [0.3, 0.4) is 0 Å². The van der Waals surface area contributed by atoms with Crippen molar-refractivity contribution in [3.63, 3.8) is 0 Å². The normalized spacial score (nSPS) is 14.5. The topological polar surface area (TPSA) is 52.6 Å². The van der Waals surface area contributed by atoms with Gasteiger partial charge in [0, 0.05) is 11.6 Å². The highest BCUT2D eigenvalue weighted by Gasteiger charge is 2.28. The molecule has 0 unspecified atom stereocenters. The van der Waals surface area contributed by atoms with Gasteiger partial charge in [0.05, 0.1) is 5.56 Å². The van der Waals surface area contributed by atoms with E-state index < -0.39 is 5.82 Å². The zero-order chi connectivity index (χ0) is 16.4. The van der Waals surface area contributed by atoms with Gasteiger partial charge in [-0.1, -0.05) is 18.2 Å². The minimum atomic E-state index is -0.433. The molecule has 0 N–H and O–H groups in total. The second-order valence-corrected chi connectivity index (χ2v) is 5.11. The third-order valence-electron chi connectivity index (χ3n) is 3.28. The zero-order valence-electron chi connectivity index (χ0n) is 12.3. The van der Waals surface area contributed by atoms with Gasteiger partial charge in [0.2, 0.25) is 5.78 Å². The first kappa shape index (κ1) is 15.0. The summed E-state index contributed by atoms with van der Waals surface area (Å²) in [5.74, 6) is -0.0480. The first-order valence-corrected chi connectivity index (χ1v) is 6.99. The first-order chi connectivity index (χ1) is 11.0. The molecule has 4 nitrogen and oxygen atoms in total. The lowest BCUT2D eigenvalue weighted by molar-refractivity contribution is -0.118. The standard InChI is InChI=1S/C18H13FO4/c1-11(20)10-22-13-6-7-14-16(9-13)23-17(18(14)21)8-12-4-2-3-5-15(12)19/h2-9H,10H2,1H3/b17-8+. The molecule has 23 heavy (non-hydrogen) atoms. The van der Waals surface area contributed by atoms with Gasteiger partial charge in [-0.25, -0.2) is 4.39 Å². The number of hydrogen-bond donors (Lipinski definition) is 0. The average molecular weight is 312 g/mol. The summed E-state index contributed by atoms with van der Waals surface area (Å²) in [6.45, 7) is 1.37. The van der Waals surface area contributed by atoms with E-state index in [0.717, 1.165) is 0 Å². The van der Waals surface area contributed by atoms with E-state index in [0.29, 0.717) is 17.1 Å². The molecule has 0 amide bonds. The van der Waals surface area contributed by atoms with Crippen molar-refractivity contribution in [2.24, 2.45) is 0 Å². The Bertz CT molecular complexity index is 824. The number of carbonyl (C=O) groups excluding carboxylic acids is 2. The van der Waals surface area contributed by atoms with Crippen LogP contribution in [0.4, 0.5) is 4.39 Å². The second kappa shape index (κ2) is 6.04. The first-order valence-electron chi connectivity index (χ1n) is 6.99. The highest BCUT2D eigenvalue weighted by Crippen LogP contribution is 2.35. The predicted molar refractivity (Wildman–Crippen MR) is 82.0 cm³/mol. The zero-order valence-corrected chi connectivity index (χ0v) is 12.3. The van der Waals surface area contributed by atoms with Crippen molar-refractivity contribution in [2.75, 3.05) is 6.61 Å². The lowest BCUT2D eigenvalue weighted by Crippen LogP contribution is -2.06. The molecule has 0 saturated carbocycles. The van der Waals surface area contributed by atoms with E-state index >= 15 is 0 Å². The number of fused-ring (bicyclic) bond motifs is 1. The van der Waals surface area contributed by atoms with Crippen LogP contribution in [-0.4, -0.2) is 18.2 Å². The molecule has 0 atom stereocenters. The fourth-order valence-corrected chi connectivity index (χ4v) is 2.18. The Labute approximate surface area is 132 Å². The molecule has 2 aromatic rings. The maximum atomic E-state index is 13.7. The Morgan fingerprint density at radius 1 is 1.26 bits per heavy atom. The van der Waals surface area contributed by atoms with Crippen molar-refractivity contribution in [3.05, 3.63) is 65.2 Å². The maximum Gasteiger partial charge on any atom is 0.231 e. The molecule has 0 radical (unpaired) electrons. The molecule has 0 spiro atoms. The van der Waals surface area contributed by atoms with E-state index in [1.165, 1.54) is 19.1 Å². The molecule has 5 heteroatoms. The van der Waals surface area contributed by atoms with Crippen LogP contribution in [0.5, 0.6) is 11.5 Å². The Balaban J connectivity index is 1.87. The number of carbonyl (C=O) groups is 2. The fourth-order valence-electron chi connectivity index (χ4n) is 2.18. The van der Waals surface area contributed by atoms with E-state index in [-0.39, 0.29) is 29.5 Å². The number of ether oxygens (including phenoxy) is 2. The molecule has 1 heterocycles. The van der Waals surface area contributed by atoms with E-state index in [2.05, 4.69) is 0 Å². The molecule has 1 aliphatic heterocycles. The van der Waals surface area contributed by atoms with Crippen LogP contribution >= 0.6 is 0 Å². The van der Waals surface area contributed by atoms with Crippen LogP contribution < -0.4 is 9.47 Å². The predicted octanol–water partition coefficient (Wildman–Crippen LogP) is 3.41. The molecule has 1 aliphatic rings. The molecule has 0 fully saturated rings. The van der Waals surface area contributed by atoms with Crippen molar-refractivity contribution >= 4 is 17.6 Å². The highest BCUT2D eigenvalue weighted by molar-refractivity contribution is 6.14. The van der Waals surface area contributed by atoms with Crippen LogP contribution in [0.25, 0.3) is 6.08 Å². The number of benzene rings is 2. The Morgan fingerprint density at radius 3 is 2.78 bits per heavy atom. The molecule has 3 rings (SSSR count). The molecule has 116 valence electrons. The monoisotopic (exact) mass is 312 g/mol. The fraction of sp³-hybridized carbons (Fsp3) is 0.111. The van der Waals surface area contributed by atoms with Crippen LogP contribution in [0.1, 0.15) is 22.8 Å². The van der Waals surface area contributed by atoms with Crippen LogP contribution in [0.2, 0.25) is 0 Å². The van der Waals surface area contributed by atoms with Crippen LogP contribution in [0.15, 0.2) is 48.2 Å². The van der Waals surface area contributed by atoms with Gasteiger partial charge < -0.3 is 9.47 Å². The van der Waals surface area contributed by atoms with Gasteiger partial charge in [-0.3, -0.25) is 9.59 Å². The van der Waals surface area contributed by atoms with Gasteiger partial charge in [-0.2, -0.15) is 0 Å². The summed E-state index contributed by atoms with van der Waals surface area (Å²) >= 11 is 0. The smallest absolute Gasteiger partial charge is 0.231 e. The van der Waals surface area contributed by atoms with E-state index in [9.17, 15) is 14.0 Å². The van der Waals surface area contributed by atoms with E-state index in [4.69, 9.17) is 9.47 Å². The van der Waals surface area contributed by atoms with E-state index in [1.807, 2.05) is 0 Å². The number of allylic oxidation sites excluding steroid dienone is 1. The summed E-state index contributed by atoms with van der Waals surface area (Å²) < 4.78 is 24.5. The summed E-state index contributed by atoms with van der Waals surface area (Å²) in [7, 11) is 0. The Hall–Kier alpha value is -2.95. The third kappa shape index (κ3) is 3.13. The summed E-state index contributed by atoms with van der Waals surface area (Å²) in [6, 6.07) is 10.8. The molecular formula is C18H13FO4. The van der Waals surface area contributed by atoms with Gasteiger partial charge in [-0.15, -0.1) is 0 Å². The van der Waals surface area contributed by atoms with Gasteiger partial charge in [0.15, 0.2) is 11.5 Å². The molecule has 0 bridgehead atoms. The van der Waals surface area contributed by atoms with Crippen molar-refractivity contribution in [1.82, 2.24) is 0 Å². The Kier molecular flexibility index (Phi) is 3.93. The van der Waals surface area contributed by atoms with Gasteiger partial charge in [0.25, 0.3) is 0 Å². The Morgan fingerprint density at radius 2 is 2.04 bits per heavy atom. The lowest BCUT2D eigenvalue weighted by Gasteiger charge is -2.05. The van der Waals surface area contributed by atoms with Crippen LogP contribution in [0, 0.1) is 5.82 Å². The van der Waals surface area contributed by atoms with Crippen molar-refractivity contribution < 1.29 is 23.5 Å². The number of halogens is 1. The lowest BCUT2D eigenvalue weighted by atomic mass is 10.1. The quantitative estimate of drug-likeness (QED) is 0.812. The summed E-state index contributed by atoms with van der Waals surface area (Å²) in [5, 5.41) is 0. The van der Waals surface area contributed by atoms with Gasteiger partial charge in [0.1, 0.15) is 23.9 Å². The summed E-state index contributed by atoms with van der Waals surface area (Å²) in [5.41, 5.74) is 0.652. The van der Waals surface area contributed by atoms with Gasteiger partial charge >= 0.3 is 0 Å². The highest BCUT2D eigenvalue weighted by atomic mass is 19.1. The van der Waals surface area contributed by atoms with Crippen molar-refractivity contribution in [1.29, 1.82) is 0 Å². The minimum absolute atomic E-state index is 0.0498. The summed E-state index contributed by atoms with van der Waals surface area (Å²) in [4.78, 5) is 23.2. The molecule has 0 aromatic heterocycles. The second-order valence-electron chi connectivity index (χ2n) is 5.11. The molecule has 0 saturated heterocycles. The maximum absolute atomic E-state index is 13.7. The molecule has 0 aliphatic carbocycles. The SMILES string of the molecule is CC(=O)COc1ccc2c(c1)O/C(=C/c1ccccc1F)C2=O. The number of Topliss-reactive ketones (excluding diaryl/α,β-unsaturated/α-hetero) is 2. The largest absolute Gasteiger partial charge is 0.486 e. The number of hydrogen-bond acceptors (Lipinski definition) is 4. The summed E-state index contributed by atoms with van der Waals surface area (Å²) in [6.07, 6.45) is 1.37. The third-order valence-corrected chi connectivity index (χ3v) is 3.28. The van der Waals surface area contributed by atoms with Crippen molar-refractivity contribution in [3.8, 4) is 11.5 Å². The van der Waals surface area contributed by atoms with Crippen LogP contribution in [-0.2, 0) is 4.79 Å². The molecule has 2 aromatic carbocycles. The molecular weight excluding hydrogens is 299 g/mol. The number of rotatable bonds is 4. The number of ketones is 2. The minimum Gasteiger partial charge on any atom is -0.486 e. The van der Waals surface area contributed by atoms with E-state index in [1.54, 1.807) is 36.4 Å². The average Bonchev–Trinajstić information content (AvgIpc) is 2.83.